The summed E-state index contributed by atoms with van der Waals surface area (Å²) in [6.45, 7) is 12.9. The lowest BCUT2D eigenvalue weighted by atomic mass is 9.85. The largest absolute Gasteiger partial charge is 0.368 e. The van der Waals surface area contributed by atoms with Crippen LogP contribution in [0.4, 0.5) is 11.8 Å². The molecule has 0 aromatic carbocycles. The van der Waals surface area contributed by atoms with E-state index in [0.717, 1.165) is 19.5 Å². The molecule has 0 radical (unpaired) electrons. The van der Waals surface area contributed by atoms with E-state index in [2.05, 4.69) is 55.2 Å². The van der Waals surface area contributed by atoms with Gasteiger partial charge in [-0.25, -0.2) is 4.98 Å². The molecule has 0 aliphatic carbocycles. The van der Waals surface area contributed by atoms with Crippen LogP contribution in [0, 0.1) is 17.8 Å². The van der Waals surface area contributed by atoms with Gasteiger partial charge in [0.2, 0.25) is 5.95 Å². The Labute approximate surface area is 127 Å². The van der Waals surface area contributed by atoms with E-state index in [1.54, 1.807) is 6.20 Å². The molecule has 1 aromatic heterocycles. The van der Waals surface area contributed by atoms with Crippen LogP contribution in [0.5, 0.6) is 0 Å². The van der Waals surface area contributed by atoms with Gasteiger partial charge in [-0.2, -0.15) is 4.98 Å². The summed E-state index contributed by atoms with van der Waals surface area (Å²) in [4.78, 5) is 8.61. The van der Waals surface area contributed by atoms with Gasteiger partial charge < -0.3 is 10.6 Å². The highest BCUT2D eigenvalue weighted by Gasteiger charge is 2.18. The summed E-state index contributed by atoms with van der Waals surface area (Å²) in [5.41, 5.74) is 0. The maximum atomic E-state index is 6.16. The van der Waals surface area contributed by atoms with E-state index in [0.29, 0.717) is 34.5 Å². The lowest BCUT2D eigenvalue weighted by Gasteiger charge is -2.25. The van der Waals surface area contributed by atoms with Gasteiger partial charge in [-0.15, -0.1) is 0 Å². The molecule has 0 spiro atoms. The second-order valence-corrected chi connectivity index (χ2v) is 6.26. The predicted molar refractivity (Wildman–Crippen MR) is 87.5 cm³/mol. The van der Waals surface area contributed by atoms with E-state index in [9.17, 15) is 0 Å². The van der Waals surface area contributed by atoms with Crippen LogP contribution in [0.25, 0.3) is 0 Å². The first-order valence-corrected chi connectivity index (χ1v) is 7.83. The smallest absolute Gasteiger partial charge is 0.224 e. The van der Waals surface area contributed by atoms with Crippen LogP contribution in [0.3, 0.4) is 0 Å². The molecule has 0 amide bonds. The van der Waals surface area contributed by atoms with E-state index in [1.807, 2.05) is 0 Å². The number of aromatic nitrogens is 2. The standard InChI is InChI=1S/C15H27ClN4/c1-6-7-17-15-19-9-13(16)14(20-15)18-8-12(10(2)3)11(4)5/h9-12H,6-8H2,1-5H3,(H2,17,18,19,20). The Morgan fingerprint density at radius 3 is 2.35 bits per heavy atom. The van der Waals surface area contributed by atoms with E-state index in [1.165, 1.54) is 0 Å². The third kappa shape index (κ3) is 5.16. The molecule has 1 heterocycles. The zero-order valence-electron chi connectivity index (χ0n) is 13.2. The number of hydrogen-bond donors (Lipinski definition) is 2. The molecule has 1 aromatic rings. The Bertz CT molecular complexity index is 399. The maximum absolute atomic E-state index is 6.16. The van der Waals surface area contributed by atoms with Gasteiger partial charge in [0.05, 0.1) is 6.20 Å². The van der Waals surface area contributed by atoms with Crippen molar-refractivity contribution >= 4 is 23.4 Å². The molecule has 5 heteroatoms. The fraction of sp³-hybridized carbons (Fsp3) is 0.733. The van der Waals surface area contributed by atoms with Crippen molar-refractivity contribution in [3.8, 4) is 0 Å². The van der Waals surface area contributed by atoms with Crippen LogP contribution in [-0.4, -0.2) is 23.1 Å². The molecule has 0 saturated heterocycles. The third-order valence-electron chi connectivity index (χ3n) is 3.50. The summed E-state index contributed by atoms with van der Waals surface area (Å²) in [5.74, 6) is 3.19. The van der Waals surface area contributed by atoms with Crippen LogP contribution in [-0.2, 0) is 0 Å². The van der Waals surface area contributed by atoms with Crippen molar-refractivity contribution in [1.29, 1.82) is 0 Å². The van der Waals surface area contributed by atoms with Crippen LogP contribution >= 0.6 is 11.6 Å². The molecule has 1 rings (SSSR count). The van der Waals surface area contributed by atoms with Gasteiger partial charge in [0, 0.05) is 13.1 Å². The fourth-order valence-corrected chi connectivity index (χ4v) is 2.43. The molecule has 0 unspecified atom stereocenters. The molecular weight excluding hydrogens is 272 g/mol. The van der Waals surface area contributed by atoms with Gasteiger partial charge >= 0.3 is 0 Å². The number of nitrogens with one attached hydrogen (secondary N) is 2. The molecule has 0 aliphatic heterocycles. The Morgan fingerprint density at radius 1 is 1.15 bits per heavy atom. The summed E-state index contributed by atoms with van der Waals surface area (Å²) in [6.07, 6.45) is 2.69. The van der Waals surface area contributed by atoms with E-state index in [4.69, 9.17) is 11.6 Å². The van der Waals surface area contributed by atoms with Crippen molar-refractivity contribution in [2.24, 2.45) is 17.8 Å². The molecule has 0 aliphatic rings. The number of rotatable bonds is 8. The second kappa shape index (κ2) is 8.30. The molecular formula is C15H27ClN4. The predicted octanol–water partition coefficient (Wildman–Crippen LogP) is 4.29. The molecule has 0 atom stereocenters. The van der Waals surface area contributed by atoms with Crippen molar-refractivity contribution in [3.05, 3.63) is 11.2 Å². The average molecular weight is 299 g/mol. The van der Waals surface area contributed by atoms with Gasteiger partial charge in [0.15, 0.2) is 0 Å². The lowest BCUT2D eigenvalue weighted by Crippen LogP contribution is -2.25. The van der Waals surface area contributed by atoms with E-state index >= 15 is 0 Å². The highest BCUT2D eigenvalue weighted by Crippen LogP contribution is 2.24. The van der Waals surface area contributed by atoms with E-state index < -0.39 is 0 Å². The first-order valence-electron chi connectivity index (χ1n) is 7.46. The topological polar surface area (TPSA) is 49.8 Å². The molecule has 20 heavy (non-hydrogen) atoms. The Hall–Kier alpha value is -1.03. The van der Waals surface area contributed by atoms with Crippen LogP contribution in [0.1, 0.15) is 41.0 Å². The van der Waals surface area contributed by atoms with E-state index in [-0.39, 0.29) is 0 Å². The molecule has 2 N–H and O–H groups in total. The first kappa shape index (κ1) is 17.0. The van der Waals surface area contributed by atoms with Gasteiger partial charge in [-0.05, 0) is 24.2 Å². The minimum Gasteiger partial charge on any atom is -0.368 e. The molecule has 114 valence electrons. The number of nitrogens with zero attached hydrogens (tertiary/aromatic N) is 2. The zero-order chi connectivity index (χ0) is 15.1. The summed E-state index contributed by atoms with van der Waals surface area (Å²) in [6, 6.07) is 0. The highest BCUT2D eigenvalue weighted by molar-refractivity contribution is 6.32. The molecule has 0 bridgehead atoms. The summed E-state index contributed by atoms with van der Waals surface area (Å²) in [5, 5.41) is 7.11. The van der Waals surface area contributed by atoms with Crippen LogP contribution < -0.4 is 10.6 Å². The molecule has 4 nitrogen and oxygen atoms in total. The van der Waals surface area contributed by atoms with Crippen molar-refractivity contribution in [2.45, 2.75) is 41.0 Å². The lowest BCUT2D eigenvalue weighted by molar-refractivity contribution is 0.304. The van der Waals surface area contributed by atoms with Crippen molar-refractivity contribution in [2.75, 3.05) is 23.7 Å². The number of halogens is 1. The second-order valence-electron chi connectivity index (χ2n) is 5.85. The fourth-order valence-electron chi connectivity index (χ4n) is 2.27. The Kier molecular flexibility index (Phi) is 7.06. The summed E-state index contributed by atoms with van der Waals surface area (Å²) in [7, 11) is 0. The van der Waals surface area contributed by atoms with Crippen molar-refractivity contribution in [1.82, 2.24) is 9.97 Å². The van der Waals surface area contributed by atoms with Gasteiger partial charge in [0.25, 0.3) is 0 Å². The van der Waals surface area contributed by atoms with Crippen LogP contribution in [0.15, 0.2) is 6.20 Å². The van der Waals surface area contributed by atoms with Gasteiger partial charge in [-0.1, -0.05) is 46.2 Å². The third-order valence-corrected chi connectivity index (χ3v) is 3.77. The quantitative estimate of drug-likeness (QED) is 0.751. The monoisotopic (exact) mass is 298 g/mol. The van der Waals surface area contributed by atoms with Crippen LogP contribution in [0.2, 0.25) is 5.02 Å². The maximum Gasteiger partial charge on any atom is 0.224 e. The van der Waals surface area contributed by atoms with Crippen molar-refractivity contribution in [3.63, 3.8) is 0 Å². The van der Waals surface area contributed by atoms with Gasteiger partial charge in [-0.3, -0.25) is 0 Å². The van der Waals surface area contributed by atoms with Crippen molar-refractivity contribution < 1.29 is 0 Å². The Morgan fingerprint density at radius 2 is 1.80 bits per heavy atom. The van der Waals surface area contributed by atoms with Gasteiger partial charge in [0.1, 0.15) is 10.8 Å². The summed E-state index contributed by atoms with van der Waals surface area (Å²) < 4.78 is 0. The molecule has 0 fully saturated rings. The normalized spacial score (nSPS) is 11.4. The SMILES string of the molecule is CCCNc1ncc(Cl)c(NCC(C(C)C)C(C)C)n1. The average Bonchev–Trinajstić information content (AvgIpc) is 2.38. The number of hydrogen-bond acceptors (Lipinski definition) is 4. The molecule has 0 saturated carbocycles. The summed E-state index contributed by atoms with van der Waals surface area (Å²) >= 11 is 6.16. The Balaban J connectivity index is 2.70. The number of anilines is 2. The highest BCUT2D eigenvalue weighted by atomic mass is 35.5. The zero-order valence-corrected chi connectivity index (χ0v) is 14.0. The first-order chi connectivity index (χ1) is 9.45. The minimum atomic E-state index is 0.568. The minimum absolute atomic E-state index is 0.568.